The van der Waals surface area contributed by atoms with Crippen molar-refractivity contribution in [3.05, 3.63) is 40.1 Å². The van der Waals surface area contributed by atoms with Gasteiger partial charge in [-0.1, -0.05) is 25.1 Å². The molecule has 1 aliphatic rings. The van der Waals surface area contributed by atoms with Gasteiger partial charge in [0.15, 0.2) is 5.75 Å². The van der Waals surface area contributed by atoms with Gasteiger partial charge in [-0.25, -0.2) is 0 Å². The molecule has 1 saturated carbocycles. The Morgan fingerprint density at radius 3 is 2.50 bits per heavy atom. The second kappa shape index (κ2) is 3.12. The topological polar surface area (TPSA) is 26.3 Å². The summed E-state index contributed by atoms with van der Waals surface area (Å²) in [6.07, 6.45) is 2.29. The van der Waals surface area contributed by atoms with Crippen molar-refractivity contribution in [3.63, 3.8) is 0 Å². The van der Waals surface area contributed by atoms with Crippen LogP contribution in [0.2, 0.25) is 0 Å². The van der Waals surface area contributed by atoms with Gasteiger partial charge in [0.05, 0.1) is 7.11 Å². The third-order valence-electron chi connectivity index (χ3n) is 2.94. The van der Waals surface area contributed by atoms with Crippen LogP contribution in [0.4, 0.5) is 0 Å². The highest BCUT2D eigenvalue weighted by Gasteiger charge is 2.41. The molecule has 2 rings (SSSR count). The van der Waals surface area contributed by atoms with Crippen LogP contribution in [0.5, 0.6) is 5.75 Å². The molecule has 2 nitrogen and oxygen atoms in total. The van der Waals surface area contributed by atoms with E-state index in [1.54, 1.807) is 19.2 Å². The smallest absolute Gasteiger partial charge is 0.220 e. The van der Waals surface area contributed by atoms with Crippen molar-refractivity contribution in [2.24, 2.45) is 0 Å². The second-order valence-corrected chi connectivity index (χ2v) is 4.09. The quantitative estimate of drug-likeness (QED) is 0.714. The van der Waals surface area contributed by atoms with Crippen molar-refractivity contribution in [1.82, 2.24) is 0 Å². The molecule has 0 bridgehead atoms. The summed E-state index contributed by atoms with van der Waals surface area (Å²) in [5, 5.41) is 0. The predicted molar refractivity (Wildman–Crippen MR) is 55.9 cm³/mol. The van der Waals surface area contributed by atoms with Gasteiger partial charge >= 0.3 is 0 Å². The second-order valence-electron chi connectivity index (χ2n) is 4.09. The largest absolute Gasteiger partial charge is 0.492 e. The van der Waals surface area contributed by atoms with Crippen molar-refractivity contribution >= 4 is 0 Å². The van der Waals surface area contributed by atoms with Crippen molar-refractivity contribution in [2.75, 3.05) is 7.11 Å². The van der Waals surface area contributed by atoms with E-state index in [0.29, 0.717) is 5.75 Å². The number of hydrogen-bond donors (Lipinski definition) is 0. The first-order chi connectivity index (χ1) is 6.67. The molecular weight excluding hydrogens is 176 g/mol. The lowest BCUT2D eigenvalue weighted by Gasteiger charge is -2.10. The Labute approximate surface area is 83.5 Å². The lowest BCUT2D eigenvalue weighted by Crippen LogP contribution is -2.09. The summed E-state index contributed by atoms with van der Waals surface area (Å²) in [4.78, 5) is 11.6. The fourth-order valence-electron chi connectivity index (χ4n) is 1.72. The molecule has 14 heavy (non-hydrogen) atoms. The summed E-state index contributed by atoms with van der Waals surface area (Å²) in [5.41, 5.74) is 1.19. The maximum absolute atomic E-state index is 11.6. The van der Waals surface area contributed by atoms with E-state index in [2.05, 4.69) is 6.92 Å². The van der Waals surface area contributed by atoms with Gasteiger partial charge in [0.2, 0.25) is 5.43 Å². The summed E-state index contributed by atoms with van der Waals surface area (Å²) in [7, 11) is 1.56. The molecule has 1 aromatic rings. The van der Waals surface area contributed by atoms with Crippen LogP contribution >= 0.6 is 0 Å². The molecule has 0 heterocycles. The van der Waals surface area contributed by atoms with Gasteiger partial charge in [-0.05, 0) is 24.3 Å². The lowest BCUT2D eigenvalue weighted by molar-refractivity contribution is 0.402. The molecule has 0 aromatic heterocycles. The Balaban J connectivity index is 2.65. The molecular formula is C12H14O2. The van der Waals surface area contributed by atoms with E-state index in [-0.39, 0.29) is 10.8 Å². The van der Waals surface area contributed by atoms with Gasteiger partial charge in [-0.15, -0.1) is 0 Å². The van der Waals surface area contributed by atoms with Crippen LogP contribution in [0.25, 0.3) is 0 Å². The van der Waals surface area contributed by atoms with E-state index in [1.807, 2.05) is 12.1 Å². The molecule has 0 unspecified atom stereocenters. The van der Waals surface area contributed by atoms with Crippen molar-refractivity contribution in [2.45, 2.75) is 25.2 Å². The van der Waals surface area contributed by atoms with Crippen molar-refractivity contribution < 1.29 is 4.74 Å². The van der Waals surface area contributed by atoms with Gasteiger partial charge in [0.25, 0.3) is 0 Å². The van der Waals surface area contributed by atoms with Crippen LogP contribution in [-0.4, -0.2) is 7.11 Å². The third kappa shape index (κ3) is 1.41. The molecule has 0 saturated heterocycles. The molecule has 1 aliphatic carbocycles. The minimum absolute atomic E-state index is 0.0272. The standard InChI is InChI=1S/C12H14O2/c1-12(7-8-12)9-5-3-4-6-10(13)11(9)14-2/h3-6H,7-8H2,1-2H3. The molecule has 0 amide bonds. The van der Waals surface area contributed by atoms with E-state index in [1.165, 1.54) is 0 Å². The van der Waals surface area contributed by atoms with Crippen LogP contribution in [0, 0.1) is 0 Å². The Morgan fingerprint density at radius 1 is 1.29 bits per heavy atom. The summed E-state index contributed by atoms with van der Waals surface area (Å²) in [6.45, 7) is 2.17. The van der Waals surface area contributed by atoms with E-state index in [9.17, 15) is 4.79 Å². The van der Waals surface area contributed by atoms with E-state index in [4.69, 9.17) is 4.74 Å². The van der Waals surface area contributed by atoms with Gasteiger partial charge in [-0.2, -0.15) is 0 Å². The molecule has 0 radical (unpaired) electrons. The first-order valence-electron chi connectivity index (χ1n) is 4.85. The number of rotatable bonds is 2. The van der Waals surface area contributed by atoms with Crippen LogP contribution in [-0.2, 0) is 5.41 Å². The highest BCUT2D eigenvalue weighted by Crippen LogP contribution is 2.49. The highest BCUT2D eigenvalue weighted by molar-refractivity contribution is 5.41. The summed E-state index contributed by atoms with van der Waals surface area (Å²) in [6, 6.07) is 7.21. The first kappa shape index (κ1) is 9.25. The normalized spacial score (nSPS) is 17.6. The van der Waals surface area contributed by atoms with Crippen LogP contribution in [0.1, 0.15) is 25.3 Å². The fourth-order valence-corrected chi connectivity index (χ4v) is 1.72. The Kier molecular flexibility index (Phi) is 2.06. The molecule has 2 heteroatoms. The molecule has 74 valence electrons. The number of methoxy groups -OCH3 is 1. The van der Waals surface area contributed by atoms with Crippen LogP contribution < -0.4 is 10.2 Å². The Hall–Kier alpha value is -1.31. The Morgan fingerprint density at radius 2 is 1.93 bits per heavy atom. The zero-order valence-corrected chi connectivity index (χ0v) is 8.54. The van der Waals surface area contributed by atoms with Crippen LogP contribution in [0.3, 0.4) is 0 Å². The zero-order valence-electron chi connectivity index (χ0n) is 8.54. The van der Waals surface area contributed by atoms with Crippen LogP contribution in [0.15, 0.2) is 29.1 Å². The van der Waals surface area contributed by atoms with Crippen molar-refractivity contribution in [1.29, 1.82) is 0 Å². The molecule has 1 aromatic carbocycles. The number of hydrogen-bond acceptors (Lipinski definition) is 2. The molecule has 0 aliphatic heterocycles. The van der Waals surface area contributed by atoms with Gasteiger partial charge in [0, 0.05) is 5.56 Å². The lowest BCUT2D eigenvalue weighted by atomic mass is 9.99. The zero-order chi connectivity index (χ0) is 10.2. The summed E-state index contributed by atoms with van der Waals surface area (Å²) >= 11 is 0. The highest BCUT2D eigenvalue weighted by atomic mass is 16.5. The average molecular weight is 190 g/mol. The van der Waals surface area contributed by atoms with E-state index < -0.39 is 0 Å². The van der Waals surface area contributed by atoms with Gasteiger partial charge in [0.1, 0.15) is 0 Å². The minimum Gasteiger partial charge on any atom is -0.492 e. The fraction of sp³-hybridized carbons (Fsp3) is 0.417. The van der Waals surface area contributed by atoms with E-state index in [0.717, 1.165) is 18.4 Å². The minimum atomic E-state index is -0.0272. The third-order valence-corrected chi connectivity index (χ3v) is 2.94. The van der Waals surface area contributed by atoms with Crippen molar-refractivity contribution in [3.8, 4) is 5.75 Å². The number of ether oxygens (including phenoxy) is 1. The predicted octanol–water partition coefficient (Wildman–Crippen LogP) is 2.11. The maximum atomic E-state index is 11.6. The van der Waals surface area contributed by atoms with Gasteiger partial charge in [-0.3, -0.25) is 4.79 Å². The Bertz CT molecular complexity index is 405. The van der Waals surface area contributed by atoms with E-state index >= 15 is 0 Å². The monoisotopic (exact) mass is 190 g/mol. The maximum Gasteiger partial charge on any atom is 0.220 e. The summed E-state index contributed by atoms with van der Waals surface area (Å²) in [5.74, 6) is 0.509. The first-order valence-corrected chi connectivity index (χ1v) is 4.85. The molecule has 0 N–H and O–H groups in total. The molecule has 0 spiro atoms. The summed E-state index contributed by atoms with van der Waals surface area (Å²) < 4.78 is 5.19. The average Bonchev–Trinajstić information content (AvgIpc) is 2.91. The molecule has 0 atom stereocenters. The molecule has 1 fully saturated rings. The van der Waals surface area contributed by atoms with Gasteiger partial charge < -0.3 is 4.74 Å². The SMILES string of the molecule is COc1c(C2(C)CC2)ccccc1=O.